The van der Waals surface area contributed by atoms with Gasteiger partial charge < -0.3 is 19.9 Å². The molecule has 0 spiro atoms. The van der Waals surface area contributed by atoms with Gasteiger partial charge in [0.05, 0.1) is 24.9 Å². The Bertz CT molecular complexity index is 1150. The van der Waals surface area contributed by atoms with Gasteiger partial charge in [0, 0.05) is 18.7 Å². The maximum absolute atomic E-state index is 13.8. The van der Waals surface area contributed by atoms with E-state index in [-0.39, 0.29) is 42.2 Å². The lowest BCUT2D eigenvalue weighted by Gasteiger charge is -2.35. The van der Waals surface area contributed by atoms with Crippen LogP contribution in [0.1, 0.15) is 60.3 Å². The first kappa shape index (κ1) is 25.6. The van der Waals surface area contributed by atoms with Crippen molar-refractivity contribution in [2.24, 2.45) is 0 Å². The number of ether oxygens (including phenoxy) is 1. The summed E-state index contributed by atoms with van der Waals surface area (Å²) in [5.41, 5.74) is -1.34. The fourth-order valence-electron chi connectivity index (χ4n) is 5.95. The zero-order chi connectivity index (χ0) is 26.2. The van der Waals surface area contributed by atoms with E-state index < -0.39 is 17.8 Å². The van der Waals surface area contributed by atoms with Gasteiger partial charge in [-0.1, -0.05) is 12.8 Å². The molecule has 8 nitrogen and oxygen atoms in total. The fourth-order valence-corrected chi connectivity index (χ4v) is 5.95. The summed E-state index contributed by atoms with van der Waals surface area (Å²) in [6, 6.07) is 6.29. The van der Waals surface area contributed by atoms with Crippen LogP contribution in [-0.4, -0.2) is 76.8 Å². The molecule has 2 aromatic rings. The van der Waals surface area contributed by atoms with Gasteiger partial charge in [-0.2, -0.15) is 18.3 Å². The van der Waals surface area contributed by atoms with Gasteiger partial charge in [0.25, 0.3) is 5.91 Å². The van der Waals surface area contributed by atoms with Gasteiger partial charge in [-0.05, 0) is 69.5 Å². The van der Waals surface area contributed by atoms with E-state index >= 15 is 0 Å². The summed E-state index contributed by atoms with van der Waals surface area (Å²) >= 11 is 0. The summed E-state index contributed by atoms with van der Waals surface area (Å²) in [6.45, 7) is 2.69. The minimum absolute atomic E-state index is 0.0236. The van der Waals surface area contributed by atoms with E-state index in [2.05, 4.69) is 15.3 Å². The first-order chi connectivity index (χ1) is 17.7. The number of alkyl halides is 3. The Morgan fingerprint density at radius 2 is 1.76 bits per heavy atom. The Morgan fingerprint density at radius 3 is 2.38 bits per heavy atom. The number of nitrogens with zero attached hydrogens (tertiary/aromatic N) is 4. The molecule has 1 aromatic carbocycles. The minimum atomic E-state index is -4.70. The molecule has 0 radical (unpaired) electrons. The van der Waals surface area contributed by atoms with Gasteiger partial charge in [0.1, 0.15) is 11.4 Å². The molecule has 5 rings (SSSR count). The van der Waals surface area contributed by atoms with Gasteiger partial charge in [-0.3, -0.25) is 9.59 Å². The van der Waals surface area contributed by atoms with E-state index in [0.717, 1.165) is 62.8 Å². The molecule has 1 aromatic heterocycles. The number of hydrogen-bond acceptors (Lipinski definition) is 5. The van der Waals surface area contributed by atoms with E-state index in [4.69, 9.17) is 4.74 Å². The third-order valence-corrected chi connectivity index (χ3v) is 7.72. The van der Waals surface area contributed by atoms with Crippen molar-refractivity contribution in [1.82, 2.24) is 24.9 Å². The molecule has 11 heteroatoms. The van der Waals surface area contributed by atoms with Crippen molar-refractivity contribution in [2.45, 2.75) is 56.7 Å². The molecule has 1 saturated heterocycles. The number of fused-ring (bicyclic) bond motifs is 1. The average Bonchev–Trinajstić information content (AvgIpc) is 3.61. The monoisotopic (exact) mass is 519 g/mol. The van der Waals surface area contributed by atoms with E-state index in [1.807, 2.05) is 0 Å². The van der Waals surface area contributed by atoms with Crippen molar-refractivity contribution >= 4 is 11.8 Å². The van der Waals surface area contributed by atoms with Crippen LogP contribution >= 0.6 is 0 Å². The summed E-state index contributed by atoms with van der Waals surface area (Å²) in [5, 5.41) is 7.01. The first-order valence-electron chi connectivity index (χ1n) is 12.9. The maximum atomic E-state index is 13.8. The highest BCUT2D eigenvalue weighted by molar-refractivity contribution is 5.98. The predicted molar refractivity (Wildman–Crippen MR) is 130 cm³/mol. The van der Waals surface area contributed by atoms with E-state index in [1.54, 1.807) is 24.3 Å². The average molecular weight is 520 g/mol. The number of rotatable bonds is 7. The second kappa shape index (κ2) is 10.00. The van der Waals surface area contributed by atoms with Crippen LogP contribution in [0.25, 0.3) is 5.69 Å². The number of hydrogen-bond donors (Lipinski definition) is 1. The molecule has 1 saturated carbocycles. The predicted octanol–water partition coefficient (Wildman–Crippen LogP) is 3.42. The number of aromatic nitrogens is 2. The smallest absolute Gasteiger partial charge is 0.435 e. The summed E-state index contributed by atoms with van der Waals surface area (Å²) in [5.74, 6) is -0.375. The number of halogens is 3. The number of nitrogens with one attached hydrogen (secondary N) is 1. The van der Waals surface area contributed by atoms with Crippen molar-refractivity contribution in [3.63, 3.8) is 0 Å². The Kier molecular flexibility index (Phi) is 6.91. The zero-order valence-corrected chi connectivity index (χ0v) is 20.9. The van der Waals surface area contributed by atoms with Crippen molar-refractivity contribution in [1.29, 1.82) is 0 Å². The fraction of sp³-hybridized carbons (Fsp3) is 0.577. The largest absolute Gasteiger partial charge is 0.497 e. The van der Waals surface area contributed by atoms with Gasteiger partial charge in [0.15, 0.2) is 5.69 Å². The molecule has 2 fully saturated rings. The quantitative estimate of drug-likeness (QED) is 0.607. The van der Waals surface area contributed by atoms with E-state index in [1.165, 1.54) is 12.0 Å². The van der Waals surface area contributed by atoms with Gasteiger partial charge in [-0.15, -0.1) is 0 Å². The molecule has 2 aliphatic heterocycles. The lowest BCUT2D eigenvalue weighted by molar-refractivity contribution is -0.142. The topological polar surface area (TPSA) is 79.7 Å². The number of amides is 2. The molecule has 200 valence electrons. The van der Waals surface area contributed by atoms with Gasteiger partial charge in [-0.25, -0.2) is 4.68 Å². The standard InChI is InChI=1S/C26H32F3N5O3/c1-37-19-8-6-18(7-9-19)34-22-20(23(31-34)26(27,28)29)10-15-33(24(22)36)16-21(35)30-25(11-2-3-12-25)17-32-13-4-5-14-32/h6-9H,2-5,10-17H2,1H3,(H,30,35). The molecule has 0 bridgehead atoms. The number of likely N-dealkylation sites (tertiary alicyclic amines) is 1. The molecule has 3 heterocycles. The molecule has 37 heavy (non-hydrogen) atoms. The minimum Gasteiger partial charge on any atom is -0.497 e. The highest BCUT2D eigenvalue weighted by Crippen LogP contribution is 2.36. The van der Waals surface area contributed by atoms with Gasteiger partial charge in [0.2, 0.25) is 5.91 Å². The highest BCUT2D eigenvalue weighted by atomic mass is 19.4. The summed E-state index contributed by atoms with van der Waals surface area (Å²) in [6.07, 6.45) is 1.47. The van der Waals surface area contributed by atoms with Crippen LogP contribution in [0.3, 0.4) is 0 Å². The molecule has 0 atom stereocenters. The van der Waals surface area contributed by atoms with Gasteiger partial charge >= 0.3 is 6.18 Å². The van der Waals surface area contributed by atoms with Crippen molar-refractivity contribution in [3.8, 4) is 11.4 Å². The molecule has 2 amide bonds. The normalized spacial score (nSPS) is 19.8. The molecular weight excluding hydrogens is 487 g/mol. The van der Waals surface area contributed by atoms with E-state index in [0.29, 0.717) is 11.4 Å². The number of carbonyl (C=O) groups is 2. The van der Waals surface area contributed by atoms with Crippen molar-refractivity contribution in [3.05, 3.63) is 41.2 Å². The number of carbonyl (C=O) groups excluding carboxylic acids is 2. The second-order valence-corrected chi connectivity index (χ2v) is 10.3. The van der Waals surface area contributed by atoms with Crippen LogP contribution in [-0.2, 0) is 17.4 Å². The zero-order valence-electron chi connectivity index (χ0n) is 20.9. The molecule has 1 N–H and O–H groups in total. The Balaban J connectivity index is 1.37. The maximum Gasteiger partial charge on any atom is 0.435 e. The Morgan fingerprint density at radius 1 is 1.08 bits per heavy atom. The SMILES string of the molecule is COc1ccc(-n2nc(C(F)(F)F)c3c2C(=O)N(CC(=O)NC2(CN4CCCC4)CCCC2)CC3)cc1. The first-order valence-corrected chi connectivity index (χ1v) is 12.9. The van der Waals surface area contributed by atoms with Crippen LogP contribution in [0, 0.1) is 0 Å². The molecule has 0 unspecified atom stereocenters. The third kappa shape index (κ3) is 5.18. The molecular formula is C26H32F3N5O3. The van der Waals surface area contributed by atoms with Crippen LogP contribution in [0.2, 0.25) is 0 Å². The van der Waals surface area contributed by atoms with E-state index in [9.17, 15) is 22.8 Å². The third-order valence-electron chi connectivity index (χ3n) is 7.72. The van der Waals surface area contributed by atoms with Crippen LogP contribution in [0.15, 0.2) is 24.3 Å². The van der Waals surface area contributed by atoms with Crippen LogP contribution < -0.4 is 10.1 Å². The molecule has 3 aliphatic rings. The molecule has 1 aliphatic carbocycles. The van der Waals surface area contributed by atoms with Crippen molar-refractivity contribution < 1.29 is 27.5 Å². The lowest BCUT2D eigenvalue weighted by atomic mass is 9.96. The summed E-state index contributed by atoms with van der Waals surface area (Å²) < 4.78 is 47.6. The lowest BCUT2D eigenvalue weighted by Crippen LogP contribution is -2.56. The number of methoxy groups -OCH3 is 1. The summed E-state index contributed by atoms with van der Waals surface area (Å²) in [4.78, 5) is 30.4. The Labute approximate surface area is 213 Å². The van der Waals surface area contributed by atoms with Crippen molar-refractivity contribution in [2.75, 3.05) is 39.8 Å². The number of benzene rings is 1. The summed E-state index contributed by atoms with van der Waals surface area (Å²) in [7, 11) is 1.49. The Hall–Kier alpha value is -3.08. The van der Waals surface area contributed by atoms with Crippen LogP contribution in [0.5, 0.6) is 5.75 Å². The highest BCUT2D eigenvalue weighted by Gasteiger charge is 2.44. The second-order valence-electron chi connectivity index (χ2n) is 10.3. The van der Waals surface area contributed by atoms with Crippen LogP contribution in [0.4, 0.5) is 13.2 Å².